The molecule has 0 bridgehead atoms. The van der Waals surface area contributed by atoms with Gasteiger partial charge in [-0.2, -0.15) is 5.26 Å². The lowest BCUT2D eigenvalue weighted by Gasteiger charge is -2.10. The van der Waals surface area contributed by atoms with Crippen molar-refractivity contribution in [2.45, 2.75) is 0 Å². The third-order valence-electron chi connectivity index (χ3n) is 3.61. The average molecular weight is 362 g/mol. The van der Waals surface area contributed by atoms with E-state index in [9.17, 15) is 9.59 Å². The quantitative estimate of drug-likeness (QED) is 0.689. The number of carbonyl (C=O) groups is 2. The number of benzene rings is 2. The monoisotopic (exact) mass is 362 g/mol. The summed E-state index contributed by atoms with van der Waals surface area (Å²) >= 11 is 0. The van der Waals surface area contributed by atoms with E-state index >= 15 is 0 Å². The average Bonchev–Trinajstić information content (AvgIpc) is 3.22. The van der Waals surface area contributed by atoms with E-state index in [4.69, 9.17) is 14.4 Å². The minimum absolute atomic E-state index is 0.354. The summed E-state index contributed by atoms with van der Waals surface area (Å²) in [6.45, 7) is 0. The molecule has 2 amide bonds. The number of amides is 2. The first kappa shape index (κ1) is 17.7. The summed E-state index contributed by atoms with van der Waals surface area (Å²) in [5, 5.41) is 13.8. The molecule has 0 atom stereocenters. The van der Waals surface area contributed by atoms with Crippen LogP contribution < -0.4 is 15.4 Å². The predicted molar refractivity (Wildman–Crippen MR) is 96.9 cm³/mol. The molecule has 0 aliphatic heterocycles. The van der Waals surface area contributed by atoms with Gasteiger partial charge >= 0.3 is 11.8 Å². The number of nitriles is 1. The van der Waals surface area contributed by atoms with E-state index in [2.05, 4.69) is 15.6 Å². The highest BCUT2D eigenvalue weighted by Crippen LogP contribution is 2.32. The van der Waals surface area contributed by atoms with Crippen molar-refractivity contribution in [3.05, 3.63) is 60.6 Å². The number of anilines is 2. The highest BCUT2D eigenvalue weighted by molar-refractivity contribution is 6.43. The smallest absolute Gasteiger partial charge is 0.314 e. The molecular formula is C19H14N4O4. The van der Waals surface area contributed by atoms with Crippen LogP contribution in [0.4, 0.5) is 11.4 Å². The van der Waals surface area contributed by atoms with Gasteiger partial charge in [-0.15, -0.1) is 0 Å². The van der Waals surface area contributed by atoms with Crippen LogP contribution in [0.5, 0.6) is 5.75 Å². The van der Waals surface area contributed by atoms with Gasteiger partial charge in [-0.25, -0.2) is 4.98 Å². The Morgan fingerprint density at radius 2 is 1.85 bits per heavy atom. The topological polar surface area (TPSA) is 117 Å². The maximum atomic E-state index is 12.1. The van der Waals surface area contributed by atoms with Gasteiger partial charge in [0.25, 0.3) is 0 Å². The second kappa shape index (κ2) is 7.84. The standard InChI is InChI=1S/C19H14N4O4/c1-26-16-8-14(5-6-15(16)17-10-21-11-27-17)23-19(25)18(24)22-13-4-2-3-12(7-13)9-20/h2-8,10-11H,1H3,(H,22,24)(H,23,25). The van der Waals surface area contributed by atoms with E-state index in [0.717, 1.165) is 0 Å². The lowest BCUT2D eigenvalue weighted by atomic mass is 10.1. The number of oxazole rings is 1. The molecule has 0 fully saturated rings. The Morgan fingerprint density at radius 3 is 2.48 bits per heavy atom. The van der Waals surface area contributed by atoms with Crippen LogP contribution >= 0.6 is 0 Å². The van der Waals surface area contributed by atoms with Crippen molar-refractivity contribution >= 4 is 23.2 Å². The molecule has 0 aliphatic carbocycles. The van der Waals surface area contributed by atoms with Crippen molar-refractivity contribution in [3.63, 3.8) is 0 Å². The highest BCUT2D eigenvalue weighted by Gasteiger charge is 2.16. The Balaban J connectivity index is 1.71. The first-order valence-electron chi connectivity index (χ1n) is 7.80. The molecule has 27 heavy (non-hydrogen) atoms. The van der Waals surface area contributed by atoms with Gasteiger partial charge in [0.15, 0.2) is 12.2 Å². The third-order valence-corrected chi connectivity index (χ3v) is 3.61. The summed E-state index contributed by atoms with van der Waals surface area (Å²) in [7, 11) is 1.48. The second-order valence-corrected chi connectivity index (χ2v) is 5.38. The first-order valence-corrected chi connectivity index (χ1v) is 7.80. The molecule has 2 aromatic carbocycles. The van der Waals surface area contributed by atoms with Crippen LogP contribution in [-0.2, 0) is 9.59 Å². The SMILES string of the molecule is COc1cc(NC(=O)C(=O)Nc2cccc(C#N)c2)ccc1-c1cnco1. The van der Waals surface area contributed by atoms with Crippen molar-refractivity contribution in [3.8, 4) is 23.1 Å². The molecule has 0 saturated heterocycles. The van der Waals surface area contributed by atoms with Crippen LogP contribution in [0.15, 0.2) is 59.5 Å². The number of hydrogen-bond donors (Lipinski definition) is 2. The zero-order valence-corrected chi connectivity index (χ0v) is 14.2. The Hall–Kier alpha value is -4.12. The van der Waals surface area contributed by atoms with Crippen molar-refractivity contribution in [1.29, 1.82) is 5.26 Å². The van der Waals surface area contributed by atoms with Crippen molar-refractivity contribution < 1.29 is 18.7 Å². The summed E-state index contributed by atoms with van der Waals surface area (Å²) in [5.74, 6) is -0.748. The molecule has 3 rings (SSSR count). The summed E-state index contributed by atoms with van der Waals surface area (Å²) in [6.07, 6.45) is 2.84. The molecule has 134 valence electrons. The largest absolute Gasteiger partial charge is 0.496 e. The van der Waals surface area contributed by atoms with Gasteiger partial charge in [-0.3, -0.25) is 9.59 Å². The van der Waals surface area contributed by atoms with Crippen LogP contribution in [0.3, 0.4) is 0 Å². The van der Waals surface area contributed by atoms with Crippen molar-refractivity contribution in [1.82, 2.24) is 4.98 Å². The lowest BCUT2D eigenvalue weighted by molar-refractivity contribution is -0.132. The number of hydrogen-bond acceptors (Lipinski definition) is 6. The van der Waals surface area contributed by atoms with Crippen LogP contribution in [0.2, 0.25) is 0 Å². The number of carbonyl (C=O) groups excluding carboxylic acids is 2. The lowest BCUT2D eigenvalue weighted by Crippen LogP contribution is -2.29. The fourth-order valence-corrected chi connectivity index (χ4v) is 2.36. The molecule has 0 aliphatic rings. The van der Waals surface area contributed by atoms with Crippen LogP contribution in [0.25, 0.3) is 11.3 Å². The molecule has 2 N–H and O–H groups in total. The second-order valence-electron chi connectivity index (χ2n) is 5.38. The maximum Gasteiger partial charge on any atom is 0.314 e. The Morgan fingerprint density at radius 1 is 1.11 bits per heavy atom. The molecule has 0 spiro atoms. The third kappa shape index (κ3) is 4.11. The van der Waals surface area contributed by atoms with Crippen LogP contribution in [0.1, 0.15) is 5.56 Å². The van der Waals surface area contributed by atoms with Gasteiger partial charge in [0.1, 0.15) is 5.75 Å². The van der Waals surface area contributed by atoms with E-state index < -0.39 is 11.8 Å². The minimum Gasteiger partial charge on any atom is -0.496 e. The van der Waals surface area contributed by atoms with Crippen LogP contribution in [-0.4, -0.2) is 23.9 Å². The molecule has 0 saturated carbocycles. The molecule has 0 unspecified atom stereocenters. The molecule has 1 aromatic heterocycles. The predicted octanol–water partition coefficient (Wildman–Crippen LogP) is 2.80. The molecular weight excluding hydrogens is 348 g/mol. The summed E-state index contributed by atoms with van der Waals surface area (Å²) in [4.78, 5) is 28.0. The summed E-state index contributed by atoms with van der Waals surface area (Å²) in [6, 6.07) is 13.1. The maximum absolute atomic E-state index is 12.1. The number of nitrogens with one attached hydrogen (secondary N) is 2. The minimum atomic E-state index is -0.858. The van der Waals surface area contributed by atoms with Gasteiger partial charge in [0.2, 0.25) is 0 Å². The van der Waals surface area contributed by atoms with Gasteiger partial charge in [-0.1, -0.05) is 6.07 Å². The Bertz CT molecular complexity index is 1020. The summed E-state index contributed by atoms with van der Waals surface area (Å²) in [5.41, 5.74) is 1.76. The van der Waals surface area contributed by atoms with E-state index in [1.807, 2.05) is 6.07 Å². The van der Waals surface area contributed by atoms with E-state index in [0.29, 0.717) is 34.0 Å². The van der Waals surface area contributed by atoms with E-state index in [-0.39, 0.29) is 0 Å². The van der Waals surface area contributed by atoms with Gasteiger partial charge in [0.05, 0.1) is 30.5 Å². The van der Waals surface area contributed by atoms with E-state index in [1.165, 1.54) is 19.6 Å². The molecule has 0 radical (unpaired) electrons. The number of aromatic nitrogens is 1. The number of methoxy groups -OCH3 is 1. The molecule has 3 aromatic rings. The van der Waals surface area contributed by atoms with Crippen molar-refractivity contribution in [2.75, 3.05) is 17.7 Å². The Kier molecular flexibility index (Phi) is 5.14. The Labute approximate surface area is 154 Å². The zero-order valence-electron chi connectivity index (χ0n) is 14.2. The number of ether oxygens (including phenoxy) is 1. The van der Waals surface area contributed by atoms with Gasteiger partial charge in [0, 0.05) is 17.4 Å². The number of rotatable bonds is 4. The molecule has 8 heteroatoms. The number of nitrogens with zero attached hydrogens (tertiary/aromatic N) is 2. The highest BCUT2D eigenvalue weighted by atomic mass is 16.5. The first-order chi connectivity index (χ1) is 13.1. The normalized spacial score (nSPS) is 9.93. The van der Waals surface area contributed by atoms with Crippen LogP contribution in [0, 0.1) is 11.3 Å². The van der Waals surface area contributed by atoms with E-state index in [1.54, 1.807) is 42.6 Å². The molecule has 8 nitrogen and oxygen atoms in total. The fourth-order valence-electron chi connectivity index (χ4n) is 2.36. The molecule has 1 heterocycles. The fraction of sp³-hybridized carbons (Fsp3) is 0.0526. The van der Waals surface area contributed by atoms with Crippen molar-refractivity contribution in [2.24, 2.45) is 0 Å². The van der Waals surface area contributed by atoms with Gasteiger partial charge in [-0.05, 0) is 30.3 Å². The zero-order chi connectivity index (χ0) is 19.2. The van der Waals surface area contributed by atoms with Gasteiger partial charge < -0.3 is 19.8 Å². The summed E-state index contributed by atoms with van der Waals surface area (Å²) < 4.78 is 10.5.